The molecule has 1 aromatic heterocycles. The first-order valence-electron chi connectivity index (χ1n) is 8.89. The number of carbonyl (C=O) groups is 4. The lowest BCUT2D eigenvalue weighted by molar-refractivity contribution is -0.141. The fourth-order valence-electron chi connectivity index (χ4n) is 2.29. The first-order valence-corrected chi connectivity index (χ1v) is 8.89. The number of aromatic nitrogens is 2. The molecule has 3 amide bonds. The second kappa shape index (κ2) is 10.4. The number of carbonyl (C=O) groups excluding carboxylic acids is 3. The van der Waals surface area contributed by atoms with Crippen LogP contribution in [0.3, 0.4) is 0 Å². The third-order valence-corrected chi connectivity index (χ3v) is 4.06. The topological polar surface area (TPSA) is 179 Å². The van der Waals surface area contributed by atoms with Crippen LogP contribution in [-0.2, 0) is 25.6 Å². The van der Waals surface area contributed by atoms with Gasteiger partial charge >= 0.3 is 5.97 Å². The van der Waals surface area contributed by atoms with Crippen LogP contribution in [0.15, 0.2) is 12.5 Å². The summed E-state index contributed by atoms with van der Waals surface area (Å²) in [5, 5.41) is 16.2. The Morgan fingerprint density at radius 1 is 1.04 bits per heavy atom. The molecule has 1 heterocycles. The number of nitrogens with zero attached hydrogens (tertiary/aromatic N) is 1. The second-order valence-corrected chi connectivity index (χ2v) is 6.92. The highest BCUT2D eigenvalue weighted by Gasteiger charge is 2.29. The Hall–Kier alpha value is -2.95. The zero-order valence-electron chi connectivity index (χ0n) is 16.4. The average molecular weight is 396 g/mol. The molecule has 1 aromatic rings. The number of nitrogens with one attached hydrogen (secondary N) is 4. The van der Waals surface area contributed by atoms with Gasteiger partial charge in [-0.3, -0.25) is 19.2 Å². The number of hydrogen-bond donors (Lipinski definition) is 6. The number of imidazole rings is 1. The summed E-state index contributed by atoms with van der Waals surface area (Å²) in [7, 11) is 0. The maximum Gasteiger partial charge on any atom is 0.325 e. The molecule has 0 aliphatic carbocycles. The van der Waals surface area contributed by atoms with Crippen molar-refractivity contribution >= 4 is 23.7 Å². The van der Waals surface area contributed by atoms with Gasteiger partial charge in [-0.2, -0.15) is 0 Å². The maximum atomic E-state index is 12.5. The van der Waals surface area contributed by atoms with E-state index in [0.717, 1.165) is 0 Å². The van der Waals surface area contributed by atoms with Crippen molar-refractivity contribution in [2.45, 2.75) is 58.3 Å². The number of rotatable bonds is 10. The maximum absolute atomic E-state index is 12.5. The van der Waals surface area contributed by atoms with Gasteiger partial charge in [0.05, 0.1) is 12.4 Å². The number of H-pyrrole nitrogens is 1. The van der Waals surface area contributed by atoms with Crippen molar-refractivity contribution in [3.63, 3.8) is 0 Å². The average Bonchev–Trinajstić information content (AvgIpc) is 3.11. The lowest BCUT2D eigenvalue weighted by atomic mass is 10.0. The van der Waals surface area contributed by atoms with Gasteiger partial charge < -0.3 is 31.8 Å². The molecule has 0 saturated heterocycles. The zero-order chi connectivity index (χ0) is 21.4. The first-order chi connectivity index (χ1) is 13.0. The van der Waals surface area contributed by atoms with Gasteiger partial charge in [0.15, 0.2) is 0 Å². The molecule has 4 unspecified atom stereocenters. The molecule has 156 valence electrons. The van der Waals surface area contributed by atoms with Crippen molar-refractivity contribution in [1.82, 2.24) is 25.9 Å². The van der Waals surface area contributed by atoms with Crippen LogP contribution < -0.4 is 21.7 Å². The normalized spacial score (nSPS) is 15.2. The van der Waals surface area contributed by atoms with Gasteiger partial charge in [-0.25, -0.2) is 4.98 Å². The molecule has 0 radical (unpaired) electrons. The number of nitrogens with two attached hydrogens (primary N) is 1. The van der Waals surface area contributed by atoms with E-state index in [0.29, 0.717) is 5.69 Å². The van der Waals surface area contributed by atoms with Crippen LogP contribution in [-0.4, -0.2) is 62.9 Å². The fourth-order valence-corrected chi connectivity index (χ4v) is 2.29. The largest absolute Gasteiger partial charge is 0.480 e. The zero-order valence-corrected chi connectivity index (χ0v) is 16.4. The molecule has 0 aromatic carbocycles. The Labute approximate surface area is 162 Å². The quantitative estimate of drug-likeness (QED) is 0.279. The third-order valence-electron chi connectivity index (χ3n) is 4.06. The highest BCUT2D eigenvalue weighted by Crippen LogP contribution is 2.04. The summed E-state index contributed by atoms with van der Waals surface area (Å²) in [6.07, 6.45) is 3.25. The van der Waals surface area contributed by atoms with E-state index in [1.54, 1.807) is 20.0 Å². The summed E-state index contributed by atoms with van der Waals surface area (Å²) in [5.74, 6) is -3.18. The smallest absolute Gasteiger partial charge is 0.325 e. The summed E-state index contributed by atoms with van der Waals surface area (Å²) in [4.78, 5) is 54.3. The predicted molar refractivity (Wildman–Crippen MR) is 99.9 cm³/mol. The molecule has 0 spiro atoms. The van der Waals surface area contributed by atoms with Gasteiger partial charge in [-0.15, -0.1) is 0 Å². The Balaban J connectivity index is 2.66. The van der Waals surface area contributed by atoms with Crippen LogP contribution >= 0.6 is 0 Å². The Bertz CT molecular complexity index is 690. The lowest BCUT2D eigenvalue weighted by Gasteiger charge is -2.25. The number of hydrogen-bond acceptors (Lipinski definition) is 6. The molecular formula is C17H28N6O5. The van der Waals surface area contributed by atoms with Crippen molar-refractivity contribution in [3.05, 3.63) is 18.2 Å². The molecule has 11 heteroatoms. The van der Waals surface area contributed by atoms with Crippen LogP contribution in [0.1, 0.15) is 33.4 Å². The number of aliphatic carboxylic acids is 1. The van der Waals surface area contributed by atoms with E-state index in [2.05, 4.69) is 25.9 Å². The standard InChI is InChI=1S/C17H28N6O5/c1-8(2)13(23-15(25)12(18)5-11-6-19-7-20-11)16(26)21-9(3)14(24)22-10(4)17(27)28/h6-10,12-13H,5,18H2,1-4H3,(H,19,20)(H,21,26)(H,22,24)(H,23,25)(H,27,28). The molecular weight excluding hydrogens is 368 g/mol. The molecule has 7 N–H and O–H groups in total. The molecule has 4 atom stereocenters. The highest BCUT2D eigenvalue weighted by atomic mass is 16.4. The minimum absolute atomic E-state index is 0.226. The SMILES string of the molecule is CC(NC(=O)C(C)NC(=O)C(NC(=O)C(N)Cc1cnc[nH]1)C(C)C)C(=O)O. The molecule has 28 heavy (non-hydrogen) atoms. The molecule has 0 saturated carbocycles. The molecule has 11 nitrogen and oxygen atoms in total. The second-order valence-electron chi connectivity index (χ2n) is 6.92. The molecule has 0 aliphatic rings. The van der Waals surface area contributed by atoms with Gasteiger partial charge in [0.1, 0.15) is 18.1 Å². The van der Waals surface area contributed by atoms with Crippen molar-refractivity contribution in [1.29, 1.82) is 0 Å². The summed E-state index contributed by atoms with van der Waals surface area (Å²) >= 11 is 0. The van der Waals surface area contributed by atoms with Crippen LogP contribution in [0.5, 0.6) is 0 Å². The molecule has 1 rings (SSSR count). The number of amides is 3. The number of carboxylic acid groups (broad SMARTS) is 1. The Morgan fingerprint density at radius 3 is 2.14 bits per heavy atom. The van der Waals surface area contributed by atoms with Crippen LogP contribution in [0.2, 0.25) is 0 Å². The summed E-state index contributed by atoms with van der Waals surface area (Å²) in [6, 6.07) is -3.86. The van der Waals surface area contributed by atoms with Gasteiger partial charge in [-0.05, 0) is 19.8 Å². The van der Waals surface area contributed by atoms with Crippen LogP contribution in [0.4, 0.5) is 0 Å². The monoisotopic (exact) mass is 396 g/mol. The molecule has 0 fully saturated rings. The Kier molecular flexibility index (Phi) is 8.58. The van der Waals surface area contributed by atoms with Gasteiger partial charge in [0, 0.05) is 18.3 Å². The number of aromatic amines is 1. The van der Waals surface area contributed by atoms with E-state index in [-0.39, 0.29) is 12.3 Å². The van der Waals surface area contributed by atoms with E-state index in [1.807, 2.05) is 0 Å². The van der Waals surface area contributed by atoms with E-state index in [4.69, 9.17) is 10.8 Å². The minimum Gasteiger partial charge on any atom is -0.480 e. The lowest BCUT2D eigenvalue weighted by Crippen LogP contribution is -2.57. The molecule has 0 aliphatic heterocycles. The van der Waals surface area contributed by atoms with E-state index >= 15 is 0 Å². The van der Waals surface area contributed by atoms with E-state index in [1.165, 1.54) is 20.2 Å². The molecule has 0 bridgehead atoms. The summed E-state index contributed by atoms with van der Waals surface area (Å²) in [6.45, 7) is 6.21. The first kappa shape index (κ1) is 23.1. The van der Waals surface area contributed by atoms with Gasteiger partial charge in [0.2, 0.25) is 17.7 Å². The fraction of sp³-hybridized carbons (Fsp3) is 0.588. The third kappa shape index (κ3) is 6.99. The van der Waals surface area contributed by atoms with Gasteiger partial charge in [-0.1, -0.05) is 13.8 Å². The number of carboxylic acids is 1. The van der Waals surface area contributed by atoms with Crippen molar-refractivity contribution in [2.75, 3.05) is 0 Å². The van der Waals surface area contributed by atoms with Gasteiger partial charge in [0.25, 0.3) is 0 Å². The van der Waals surface area contributed by atoms with Crippen molar-refractivity contribution in [3.8, 4) is 0 Å². The van der Waals surface area contributed by atoms with E-state index in [9.17, 15) is 19.2 Å². The predicted octanol–water partition coefficient (Wildman–Crippen LogP) is -1.49. The summed E-state index contributed by atoms with van der Waals surface area (Å²) < 4.78 is 0. The van der Waals surface area contributed by atoms with Crippen molar-refractivity contribution < 1.29 is 24.3 Å². The van der Waals surface area contributed by atoms with E-state index < -0.39 is 47.9 Å². The Morgan fingerprint density at radius 2 is 1.64 bits per heavy atom. The van der Waals surface area contributed by atoms with Crippen LogP contribution in [0, 0.1) is 5.92 Å². The minimum atomic E-state index is -1.19. The summed E-state index contributed by atoms with van der Waals surface area (Å²) in [5.41, 5.74) is 6.56. The highest BCUT2D eigenvalue weighted by molar-refractivity contribution is 5.94. The van der Waals surface area contributed by atoms with Crippen LogP contribution in [0.25, 0.3) is 0 Å². The van der Waals surface area contributed by atoms with Crippen molar-refractivity contribution in [2.24, 2.45) is 11.7 Å².